The highest BCUT2D eigenvalue weighted by Crippen LogP contribution is 2.25. The van der Waals surface area contributed by atoms with E-state index >= 15 is 0 Å². The Morgan fingerprint density at radius 3 is 2.36 bits per heavy atom. The second-order valence-corrected chi connectivity index (χ2v) is 6.99. The molecule has 0 aliphatic heterocycles. The predicted molar refractivity (Wildman–Crippen MR) is 111 cm³/mol. The molecule has 3 aromatic heterocycles. The first-order valence-corrected chi connectivity index (χ1v) is 9.66. The number of rotatable bonds is 8. The monoisotopic (exact) mass is 376 g/mol. The molecule has 0 radical (unpaired) electrons. The van der Waals surface area contributed by atoms with Crippen molar-refractivity contribution in [2.45, 2.75) is 46.8 Å². The van der Waals surface area contributed by atoms with Gasteiger partial charge in [0.25, 0.3) is 0 Å². The van der Waals surface area contributed by atoms with Crippen molar-refractivity contribution in [1.82, 2.24) is 19.9 Å². The normalized spacial score (nSPS) is 11.0. The Morgan fingerprint density at radius 1 is 0.893 bits per heavy atom. The summed E-state index contributed by atoms with van der Waals surface area (Å²) in [6, 6.07) is 12.3. The third kappa shape index (κ3) is 4.93. The lowest BCUT2D eigenvalue weighted by molar-refractivity contribution is 0.237. The van der Waals surface area contributed by atoms with Crippen molar-refractivity contribution in [2.24, 2.45) is 0 Å². The van der Waals surface area contributed by atoms with Gasteiger partial charge in [0.2, 0.25) is 0 Å². The number of aryl methyl sites for hydroxylation is 2. The molecule has 0 aromatic carbocycles. The maximum Gasteiger partial charge on any atom is 0.128 e. The molecule has 0 saturated heterocycles. The molecule has 0 aliphatic rings. The van der Waals surface area contributed by atoms with Gasteiger partial charge in [-0.15, -0.1) is 0 Å². The molecule has 3 heterocycles. The molecule has 146 valence electrons. The molecule has 0 unspecified atom stereocenters. The van der Waals surface area contributed by atoms with Crippen LogP contribution in [0.25, 0.3) is 0 Å². The molecule has 0 spiro atoms. The molecule has 28 heavy (non-hydrogen) atoms. The van der Waals surface area contributed by atoms with Gasteiger partial charge in [-0.25, -0.2) is 0 Å². The zero-order chi connectivity index (χ0) is 19.9. The van der Waals surface area contributed by atoms with Crippen LogP contribution in [0.1, 0.15) is 40.8 Å². The van der Waals surface area contributed by atoms with Crippen molar-refractivity contribution in [3.05, 3.63) is 82.7 Å². The third-order valence-corrected chi connectivity index (χ3v) is 4.85. The van der Waals surface area contributed by atoms with E-state index in [-0.39, 0.29) is 0 Å². The average molecular weight is 377 g/mol. The van der Waals surface area contributed by atoms with Crippen LogP contribution >= 0.6 is 0 Å². The Hall–Kier alpha value is -2.79. The van der Waals surface area contributed by atoms with Gasteiger partial charge in [0.15, 0.2) is 0 Å². The minimum Gasteiger partial charge on any atom is -0.496 e. The fraction of sp³-hybridized carbons (Fsp3) is 0.348. The molecule has 3 aromatic rings. The molecule has 0 fully saturated rings. The van der Waals surface area contributed by atoms with E-state index in [2.05, 4.69) is 53.0 Å². The molecule has 0 saturated carbocycles. The van der Waals surface area contributed by atoms with Gasteiger partial charge >= 0.3 is 0 Å². The molecule has 5 nitrogen and oxygen atoms in total. The third-order valence-electron chi connectivity index (χ3n) is 4.85. The number of hydrogen-bond donors (Lipinski definition) is 0. The zero-order valence-electron chi connectivity index (χ0n) is 17.1. The van der Waals surface area contributed by atoms with Gasteiger partial charge in [0.05, 0.1) is 24.2 Å². The van der Waals surface area contributed by atoms with Crippen molar-refractivity contribution in [3.8, 4) is 5.75 Å². The van der Waals surface area contributed by atoms with Crippen LogP contribution in [0.2, 0.25) is 0 Å². The molecular formula is C23H28N4O. The molecule has 0 N–H and O–H groups in total. The van der Waals surface area contributed by atoms with Crippen LogP contribution in [0.5, 0.6) is 5.75 Å². The summed E-state index contributed by atoms with van der Waals surface area (Å²) in [6.45, 7) is 8.40. The van der Waals surface area contributed by atoms with E-state index in [0.717, 1.165) is 59.2 Å². The summed E-state index contributed by atoms with van der Waals surface area (Å²) >= 11 is 0. The lowest BCUT2D eigenvalue weighted by Gasteiger charge is -2.23. The summed E-state index contributed by atoms with van der Waals surface area (Å²) in [5.74, 6) is 0.911. The number of pyridine rings is 3. The van der Waals surface area contributed by atoms with Crippen LogP contribution in [0.15, 0.2) is 48.8 Å². The molecule has 5 heteroatoms. The lowest BCUT2D eigenvalue weighted by atomic mass is 10.1. The largest absolute Gasteiger partial charge is 0.496 e. The van der Waals surface area contributed by atoms with Crippen LogP contribution in [0.4, 0.5) is 0 Å². The smallest absolute Gasteiger partial charge is 0.128 e. The van der Waals surface area contributed by atoms with Gasteiger partial charge in [0.1, 0.15) is 5.75 Å². The van der Waals surface area contributed by atoms with E-state index in [1.165, 1.54) is 0 Å². The maximum atomic E-state index is 5.58. The summed E-state index contributed by atoms with van der Waals surface area (Å²) in [4.78, 5) is 16.3. The van der Waals surface area contributed by atoms with Gasteiger partial charge in [0, 0.05) is 48.8 Å². The molecule has 0 amide bonds. The molecule has 0 bridgehead atoms. The minimum absolute atomic E-state index is 0.705. The average Bonchev–Trinajstić information content (AvgIpc) is 2.71. The highest BCUT2D eigenvalue weighted by atomic mass is 16.5. The zero-order valence-corrected chi connectivity index (χ0v) is 17.1. The van der Waals surface area contributed by atoms with E-state index in [4.69, 9.17) is 9.72 Å². The van der Waals surface area contributed by atoms with Crippen molar-refractivity contribution in [2.75, 3.05) is 7.11 Å². The number of nitrogens with zero attached hydrogens (tertiary/aromatic N) is 4. The van der Waals surface area contributed by atoms with Crippen molar-refractivity contribution >= 4 is 0 Å². The van der Waals surface area contributed by atoms with Crippen LogP contribution in [0.3, 0.4) is 0 Å². The van der Waals surface area contributed by atoms with Crippen LogP contribution in [-0.4, -0.2) is 27.0 Å². The van der Waals surface area contributed by atoms with E-state index in [9.17, 15) is 0 Å². The summed E-state index contributed by atoms with van der Waals surface area (Å²) in [7, 11) is 1.71. The first kappa shape index (κ1) is 20.0. The van der Waals surface area contributed by atoms with E-state index in [1.807, 2.05) is 31.5 Å². The van der Waals surface area contributed by atoms with E-state index in [0.29, 0.717) is 6.54 Å². The van der Waals surface area contributed by atoms with Gasteiger partial charge in [-0.1, -0.05) is 19.1 Å². The lowest BCUT2D eigenvalue weighted by Crippen LogP contribution is -2.24. The Morgan fingerprint density at radius 2 is 1.64 bits per heavy atom. The molecular weight excluding hydrogens is 348 g/mol. The number of hydrogen-bond acceptors (Lipinski definition) is 5. The molecule has 0 aliphatic carbocycles. The predicted octanol–water partition coefficient (Wildman–Crippen LogP) is 4.26. The highest BCUT2D eigenvalue weighted by Gasteiger charge is 2.15. The van der Waals surface area contributed by atoms with E-state index < -0.39 is 0 Å². The summed E-state index contributed by atoms with van der Waals surface area (Å²) in [5, 5.41) is 0. The van der Waals surface area contributed by atoms with Crippen LogP contribution in [0, 0.1) is 13.8 Å². The second-order valence-electron chi connectivity index (χ2n) is 6.99. The maximum absolute atomic E-state index is 5.58. The van der Waals surface area contributed by atoms with E-state index in [1.54, 1.807) is 7.11 Å². The van der Waals surface area contributed by atoms with Gasteiger partial charge < -0.3 is 4.74 Å². The minimum atomic E-state index is 0.705. The highest BCUT2D eigenvalue weighted by molar-refractivity contribution is 5.41. The topological polar surface area (TPSA) is 51.1 Å². The number of ether oxygens (including phenoxy) is 1. The first-order valence-electron chi connectivity index (χ1n) is 9.66. The quantitative estimate of drug-likeness (QED) is 0.588. The molecule has 3 rings (SSSR count). The summed E-state index contributed by atoms with van der Waals surface area (Å²) in [5.41, 5.74) is 6.37. The summed E-state index contributed by atoms with van der Waals surface area (Å²) in [6.07, 6.45) is 4.65. The Kier molecular flexibility index (Phi) is 6.71. The molecule has 0 atom stereocenters. The van der Waals surface area contributed by atoms with Gasteiger partial charge in [-0.3, -0.25) is 19.9 Å². The van der Waals surface area contributed by atoms with Crippen LogP contribution < -0.4 is 4.74 Å². The second kappa shape index (κ2) is 9.42. The van der Waals surface area contributed by atoms with Gasteiger partial charge in [-0.2, -0.15) is 0 Å². The Bertz CT molecular complexity index is 912. The number of aromatic nitrogens is 3. The van der Waals surface area contributed by atoms with Gasteiger partial charge in [-0.05, 0) is 44.5 Å². The van der Waals surface area contributed by atoms with Crippen molar-refractivity contribution in [3.63, 3.8) is 0 Å². The standard InChI is InChI=1S/C23H28N4O/c1-5-19-10-8-11-21(26-19)15-27(14-20-9-6-7-12-24-20)16-22-18(3)23(28-4)17(2)13-25-22/h6-13H,5,14-16H2,1-4H3. The Labute approximate surface area is 167 Å². The SMILES string of the molecule is CCc1cccc(CN(Cc2ccccn2)Cc2ncc(C)c(OC)c2C)n1. The van der Waals surface area contributed by atoms with Crippen molar-refractivity contribution < 1.29 is 4.74 Å². The van der Waals surface area contributed by atoms with Crippen molar-refractivity contribution in [1.29, 1.82) is 0 Å². The fourth-order valence-corrected chi connectivity index (χ4v) is 3.37. The first-order chi connectivity index (χ1) is 13.6. The Balaban J connectivity index is 1.87. The number of methoxy groups -OCH3 is 1. The summed E-state index contributed by atoms with van der Waals surface area (Å²) < 4.78 is 5.58. The van der Waals surface area contributed by atoms with Crippen LogP contribution in [-0.2, 0) is 26.1 Å². The fourth-order valence-electron chi connectivity index (χ4n) is 3.37.